The molecule has 0 atom stereocenters. The minimum Gasteiger partial charge on any atom is -0.350 e. The summed E-state index contributed by atoms with van der Waals surface area (Å²) in [5, 5.41) is 2.68. The number of nitrogens with one attached hydrogen (secondary N) is 1. The van der Waals surface area contributed by atoms with Crippen molar-refractivity contribution >= 4 is 29.1 Å². The third-order valence-electron chi connectivity index (χ3n) is 3.96. The van der Waals surface area contributed by atoms with E-state index in [0.29, 0.717) is 5.56 Å². The second kappa shape index (κ2) is 8.43. The molecule has 0 unspecified atom stereocenters. The first-order chi connectivity index (χ1) is 12.6. The SMILES string of the molecule is CC(=O)N(CCNC(=O)c1ccccc1C)c1cc(C(F)(F)F)ccc1Cl. The number of nitrogens with zero attached hydrogens (tertiary/aromatic N) is 1. The van der Waals surface area contributed by atoms with Crippen molar-refractivity contribution in [3.63, 3.8) is 0 Å². The molecule has 0 aromatic heterocycles. The van der Waals surface area contributed by atoms with Gasteiger partial charge in [0.1, 0.15) is 0 Å². The molecule has 0 radical (unpaired) electrons. The number of halogens is 4. The van der Waals surface area contributed by atoms with Gasteiger partial charge in [-0.1, -0.05) is 29.8 Å². The maximum Gasteiger partial charge on any atom is 0.416 e. The molecule has 0 spiro atoms. The molecule has 0 bridgehead atoms. The second-order valence-electron chi connectivity index (χ2n) is 5.91. The van der Waals surface area contributed by atoms with Crippen LogP contribution in [0.2, 0.25) is 5.02 Å². The molecule has 2 rings (SSSR count). The van der Waals surface area contributed by atoms with Crippen LogP contribution in [0.5, 0.6) is 0 Å². The third-order valence-corrected chi connectivity index (χ3v) is 4.27. The molecule has 2 aromatic rings. The number of benzene rings is 2. The van der Waals surface area contributed by atoms with Gasteiger partial charge in [0.25, 0.3) is 5.91 Å². The highest BCUT2D eigenvalue weighted by Gasteiger charge is 2.32. The van der Waals surface area contributed by atoms with E-state index in [9.17, 15) is 22.8 Å². The monoisotopic (exact) mass is 398 g/mol. The number of aryl methyl sites for hydroxylation is 1. The van der Waals surface area contributed by atoms with Gasteiger partial charge < -0.3 is 10.2 Å². The molecule has 0 aliphatic carbocycles. The summed E-state index contributed by atoms with van der Waals surface area (Å²) in [5.74, 6) is -0.812. The molecular formula is C19H18ClF3N2O2. The molecule has 0 saturated heterocycles. The lowest BCUT2D eigenvalue weighted by atomic mass is 10.1. The zero-order valence-electron chi connectivity index (χ0n) is 14.7. The Kier molecular flexibility index (Phi) is 6.49. The lowest BCUT2D eigenvalue weighted by molar-refractivity contribution is -0.137. The standard InChI is InChI=1S/C19H18ClF3N2O2/c1-12-5-3-4-6-15(12)18(27)24-9-10-25(13(2)26)17-11-14(19(21,22)23)7-8-16(17)20/h3-8,11H,9-10H2,1-2H3,(H,24,27). The molecule has 0 aliphatic heterocycles. The van der Waals surface area contributed by atoms with Crippen LogP contribution >= 0.6 is 11.6 Å². The average molecular weight is 399 g/mol. The van der Waals surface area contributed by atoms with Crippen molar-refractivity contribution in [2.75, 3.05) is 18.0 Å². The smallest absolute Gasteiger partial charge is 0.350 e. The first-order valence-electron chi connectivity index (χ1n) is 8.10. The van der Waals surface area contributed by atoms with Gasteiger partial charge >= 0.3 is 6.18 Å². The summed E-state index contributed by atoms with van der Waals surface area (Å²) in [4.78, 5) is 25.3. The van der Waals surface area contributed by atoms with Crippen LogP contribution in [0, 0.1) is 6.92 Å². The number of hydrogen-bond donors (Lipinski definition) is 1. The Bertz CT molecular complexity index is 853. The summed E-state index contributed by atoms with van der Waals surface area (Å²) < 4.78 is 38.8. The van der Waals surface area contributed by atoms with Gasteiger partial charge in [0.2, 0.25) is 5.91 Å². The van der Waals surface area contributed by atoms with Gasteiger partial charge in [0.15, 0.2) is 0 Å². The van der Waals surface area contributed by atoms with E-state index in [1.54, 1.807) is 31.2 Å². The fourth-order valence-electron chi connectivity index (χ4n) is 2.55. The number of carbonyl (C=O) groups excluding carboxylic acids is 2. The van der Waals surface area contributed by atoms with Crippen molar-refractivity contribution in [2.45, 2.75) is 20.0 Å². The molecule has 0 saturated carbocycles. The highest BCUT2D eigenvalue weighted by atomic mass is 35.5. The summed E-state index contributed by atoms with van der Waals surface area (Å²) in [6.07, 6.45) is -4.55. The van der Waals surface area contributed by atoms with Gasteiger partial charge in [-0.2, -0.15) is 13.2 Å². The van der Waals surface area contributed by atoms with Gasteiger partial charge in [-0.15, -0.1) is 0 Å². The van der Waals surface area contributed by atoms with Crippen LogP contribution < -0.4 is 10.2 Å². The van der Waals surface area contributed by atoms with E-state index < -0.39 is 17.6 Å². The van der Waals surface area contributed by atoms with Gasteiger partial charge in [-0.05, 0) is 36.8 Å². The van der Waals surface area contributed by atoms with Crippen LogP contribution in [0.15, 0.2) is 42.5 Å². The lowest BCUT2D eigenvalue weighted by Crippen LogP contribution is -2.38. The lowest BCUT2D eigenvalue weighted by Gasteiger charge is -2.23. The normalized spacial score (nSPS) is 11.2. The Morgan fingerprint density at radius 2 is 1.81 bits per heavy atom. The molecule has 0 heterocycles. The Hall–Kier alpha value is -2.54. The van der Waals surface area contributed by atoms with E-state index in [4.69, 9.17) is 11.6 Å². The fraction of sp³-hybridized carbons (Fsp3) is 0.263. The van der Waals surface area contributed by atoms with Gasteiger partial charge in [0.05, 0.1) is 16.3 Å². The molecule has 0 aliphatic rings. The minimum absolute atomic E-state index is 0.0171. The quantitative estimate of drug-likeness (QED) is 0.809. The topological polar surface area (TPSA) is 49.4 Å². The third kappa shape index (κ3) is 5.23. The van der Waals surface area contributed by atoms with Crippen molar-refractivity contribution in [1.29, 1.82) is 0 Å². The van der Waals surface area contributed by atoms with Crippen LogP contribution in [-0.2, 0) is 11.0 Å². The van der Waals surface area contributed by atoms with Gasteiger partial charge in [-0.3, -0.25) is 9.59 Å². The number of carbonyl (C=O) groups is 2. The van der Waals surface area contributed by atoms with E-state index in [0.717, 1.165) is 28.7 Å². The van der Waals surface area contributed by atoms with Crippen molar-refractivity contribution in [3.05, 3.63) is 64.2 Å². The van der Waals surface area contributed by atoms with E-state index in [2.05, 4.69) is 5.32 Å². The van der Waals surface area contributed by atoms with Crippen LogP contribution in [0.4, 0.5) is 18.9 Å². The zero-order chi connectivity index (χ0) is 20.2. The minimum atomic E-state index is -4.55. The number of rotatable bonds is 5. The van der Waals surface area contributed by atoms with Crippen LogP contribution in [-0.4, -0.2) is 24.9 Å². The second-order valence-corrected chi connectivity index (χ2v) is 6.31. The van der Waals surface area contributed by atoms with Crippen molar-refractivity contribution < 1.29 is 22.8 Å². The number of alkyl halides is 3. The predicted octanol–water partition coefficient (Wildman–Crippen LogP) is 4.45. The maximum atomic E-state index is 12.9. The first kappa shape index (κ1) is 20.8. The molecule has 2 amide bonds. The summed E-state index contributed by atoms with van der Waals surface area (Å²) in [6.45, 7) is 3.05. The largest absolute Gasteiger partial charge is 0.416 e. The Morgan fingerprint density at radius 1 is 1.15 bits per heavy atom. The van der Waals surface area contributed by atoms with E-state index in [1.807, 2.05) is 0 Å². The molecule has 144 valence electrons. The van der Waals surface area contributed by atoms with Crippen LogP contribution in [0.1, 0.15) is 28.4 Å². The molecule has 27 heavy (non-hydrogen) atoms. The maximum absolute atomic E-state index is 12.9. The van der Waals surface area contributed by atoms with Gasteiger partial charge in [0, 0.05) is 25.6 Å². The van der Waals surface area contributed by atoms with Crippen LogP contribution in [0.25, 0.3) is 0 Å². The Balaban J connectivity index is 2.14. The molecule has 1 N–H and O–H groups in total. The summed E-state index contributed by atoms with van der Waals surface area (Å²) >= 11 is 5.99. The number of amides is 2. The fourth-order valence-corrected chi connectivity index (χ4v) is 2.77. The summed E-state index contributed by atoms with van der Waals surface area (Å²) in [7, 11) is 0. The van der Waals surface area contributed by atoms with Crippen molar-refractivity contribution in [3.8, 4) is 0 Å². The summed E-state index contributed by atoms with van der Waals surface area (Å²) in [6, 6.07) is 9.76. The molecule has 0 fully saturated rings. The van der Waals surface area contributed by atoms with Crippen molar-refractivity contribution in [1.82, 2.24) is 5.32 Å². The molecule has 4 nitrogen and oxygen atoms in total. The molecular weight excluding hydrogens is 381 g/mol. The van der Waals surface area contributed by atoms with Crippen molar-refractivity contribution in [2.24, 2.45) is 0 Å². The first-order valence-corrected chi connectivity index (χ1v) is 8.47. The van der Waals surface area contributed by atoms with E-state index in [1.165, 1.54) is 6.92 Å². The van der Waals surface area contributed by atoms with E-state index >= 15 is 0 Å². The Morgan fingerprint density at radius 3 is 2.41 bits per heavy atom. The Labute approximate surface area is 159 Å². The summed E-state index contributed by atoms with van der Waals surface area (Å²) in [5.41, 5.74) is 0.324. The van der Waals surface area contributed by atoms with E-state index in [-0.39, 0.29) is 29.7 Å². The number of anilines is 1. The predicted molar refractivity (Wildman–Crippen MR) is 98.0 cm³/mol. The average Bonchev–Trinajstić information content (AvgIpc) is 2.58. The molecule has 2 aromatic carbocycles. The highest BCUT2D eigenvalue weighted by Crippen LogP contribution is 2.35. The zero-order valence-corrected chi connectivity index (χ0v) is 15.5. The molecule has 8 heteroatoms. The number of hydrogen-bond acceptors (Lipinski definition) is 2. The van der Waals surface area contributed by atoms with Crippen LogP contribution in [0.3, 0.4) is 0 Å². The van der Waals surface area contributed by atoms with Gasteiger partial charge in [-0.25, -0.2) is 0 Å². The highest BCUT2D eigenvalue weighted by molar-refractivity contribution is 6.33.